The van der Waals surface area contributed by atoms with Gasteiger partial charge in [-0.2, -0.15) is 0 Å². The van der Waals surface area contributed by atoms with Crippen molar-refractivity contribution in [3.05, 3.63) is 83.9 Å². The first-order valence-corrected chi connectivity index (χ1v) is 11.8. The first kappa shape index (κ1) is 22.8. The minimum atomic E-state index is -4.25. The minimum Gasteiger partial charge on any atom is -0.478 e. The second-order valence-corrected chi connectivity index (χ2v) is 9.76. The smallest absolute Gasteiger partial charge is 0.337 e. The minimum absolute atomic E-state index is 0.176. The molecule has 0 fully saturated rings. The molecule has 0 bridgehead atoms. The molecule has 0 atom stereocenters. The van der Waals surface area contributed by atoms with Crippen LogP contribution in [-0.2, 0) is 20.0 Å². The van der Waals surface area contributed by atoms with E-state index in [0.29, 0.717) is 6.07 Å². The van der Waals surface area contributed by atoms with Crippen LogP contribution in [-0.4, -0.2) is 39.0 Å². The van der Waals surface area contributed by atoms with Gasteiger partial charge in [0, 0.05) is 0 Å². The molecule has 0 aliphatic rings. The van der Waals surface area contributed by atoms with E-state index >= 15 is 0 Å². The van der Waals surface area contributed by atoms with Crippen LogP contribution in [0, 0.1) is 0 Å². The summed E-state index contributed by atoms with van der Waals surface area (Å²) in [5.41, 5.74) is -2.39. The molecule has 0 aliphatic carbocycles. The Labute approximate surface area is 183 Å². The molecule has 0 saturated carbocycles. The van der Waals surface area contributed by atoms with E-state index in [1.54, 1.807) is 12.1 Å². The standard InChI is InChI=1S/C20H16N2O8S2/c23-19(24)15-11-16(20(25)26)18(22-32(29,30)14-9-5-2-6-10-14)12-17(15)21-31(27,28)13-7-3-1-4-8-13/h1-12,21-22H,(H,23,24)(H,25,26). The van der Waals surface area contributed by atoms with Crippen molar-refractivity contribution in [1.82, 2.24) is 0 Å². The van der Waals surface area contributed by atoms with Gasteiger partial charge in [0.15, 0.2) is 0 Å². The fraction of sp³-hybridized carbons (Fsp3) is 0. The van der Waals surface area contributed by atoms with E-state index < -0.39 is 54.5 Å². The highest BCUT2D eigenvalue weighted by atomic mass is 32.2. The van der Waals surface area contributed by atoms with Crippen LogP contribution in [0.15, 0.2) is 82.6 Å². The van der Waals surface area contributed by atoms with Crippen molar-refractivity contribution >= 4 is 43.4 Å². The lowest BCUT2D eigenvalue weighted by Crippen LogP contribution is -2.19. The van der Waals surface area contributed by atoms with Gasteiger partial charge in [0.1, 0.15) is 0 Å². The van der Waals surface area contributed by atoms with E-state index in [-0.39, 0.29) is 9.79 Å². The van der Waals surface area contributed by atoms with Gasteiger partial charge in [-0.15, -0.1) is 0 Å². The average Bonchev–Trinajstić information content (AvgIpc) is 2.74. The summed E-state index contributed by atoms with van der Waals surface area (Å²) >= 11 is 0. The van der Waals surface area contributed by atoms with E-state index in [2.05, 4.69) is 9.44 Å². The summed E-state index contributed by atoms with van der Waals surface area (Å²) in [7, 11) is -8.51. The van der Waals surface area contributed by atoms with Crippen LogP contribution in [0.5, 0.6) is 0 Å². The zero-order valence-corrected chi connectivity index (χ0v) is 17.7. The predicted molar refractivity (Wildman–Crippen MR) is 115 cm³/mol. The van der Waals surface area contributed by atoms with Gasteiger partial charge in [-0.1, -0.05) is 36.4 Å². The zero-order valence-electron chi connectivity index (χ0n) is 16.1. The van der Waals surface area contributed by atoms with Gasteiger partial charge < -0.3 is 10.2 Å². The summed E-state index contributed by atoms with van der Waals surface area (Å²) in [4.78, 5) is 23.0. The van der Waals surface area contributed by atoms with Crippen LogP contribution >= 0.6 is 0 Å². The normalized spacial score (nSPS) is 11.5. The van der Waals surface area contributed by atoms with E-state index in [4.69, 9.17) is 0 Å². The molecule has 12 heteroatoms. The molecule has 4 N–H and O–H groups in total. The molecular weight excluding hydrogens is 460 g/mol. The summed E-state index contributed by atoms with van der Waals surface area (Å²) in [5.74, 6) is -3.23. The summed E-state index contributed by atoms with van der Waals surface area (Å²) < 4.78 is 54.8. The maximum Gasteiger partial charge on any atom is 0.337 e. The molecule has 166 valence electrons. The van der Waals surface area contributed by atoms with E-state index in [1.165, 1.54) is 48.5 Å². The number of rotatable bonds is 8. The van der Waals surface area contributed by atoms with Crippen LogP contribution in [0.3, 0.4) is 0 Å². The van der Waals surface area contributed by atoms with E-state index in [0.717, 1.165) is 6.07 Å². The van der Waals surface area contributed by atoms with Gasteiger partial charge in [0.05, 0.1) is 32.3 Å². The van der Waals surface area contributed by atoms with Crippen molar-refractivity contribution < 1.29 is 36.6 Å². The number of hydrogen-bond donors (Lipinski definition) is 4. The topological polar surface area (TPSA) is 167 Å². The second-order valence-electron chi connectivity index (χ2n) is 6.39. The maximum absolute atomic E-state index is 12.7. The van der Waals surface area contributed by atoms with Crippen molar-refractivity contribution in [3.63, 3.8) is 0 Å². The molecule has 0 aromatic heterocycles. The molecule has 32 heavy (non-hydrogen) atoms. The predicted octanol–water partition coefficient (Wildman–Crippen LogP) is 2.68. The van der Waals surface area contributed by atoms with Gasteiger partial charge in [-0.25, -0.2) is 26.4 Å². The largest absolute Gasteiger partial charge is 0.478 e. The fourth-order valence-corrected chi connectivity index (χ4v) is 4.91. The van der Waals surface area contributed by atoms with Crippen molar-refractivity contribution in [2.45, 2.75) is 9.79 Å². The Balaban J connectivity index is 2.14. The molecule has 0 spiro atoms. The Morgan fingerprint density at radius 2 is 0.938 bits per heavy atom. The first-order valence-electron chi connectivity index (χ1n) is 8.81. The van der Waals surface area contributed by atoms with Crippen molar-refractivity contribution in [3.8, 4) is 0 Å². The van der Waals surface area contributed by atoms with Crippen molar-refractivity contribution in [1.29, 1.82) is 0 Å². The number of aromatic carboxylic acids is 2. The Hall–Kier alpha value is -3.90. The number of hydrogen-bond acceptors (Lipinski definition) is 6. The molecule has 0 radical (unpaired) electrons. The van der Waals surface area contributed by atoms with Gasteiger partial charge in [0.2, 0.25) is 0 Å². The number of carboxylic acid groups (broad SMARTS) is 2. The number of anilines is 2. The highest BCUT2D eigenvalue weighted by Gasteiger charge is 2.25. The zero-order chi connectivity index (χ0) is 23.5. The van der Waals surface area contributed by atoms with E-state index in [9.17, 15) is 36.6 Å². The van der Waals surface area contributed by atoms with Crippen LogP contribution in [0.4, 0.5) is 11.4 Å². The molecule has 0 heterocycles. The Kier molecular flexibility index (Phi) is 6.18. The molecule has 10 nitrogen and oxygen atoms in total. The molecule has 3 aromatic rings. The van der Waals surface area contributed by atoms with Crippen LogP contribution in [0.1, 0.15) is 20.7 Å². The van der Waals surface area contributed by atoms with Crippen molar-refractivity contribution in [2.75, 3.05) is 9.44 Å². The highest BCUT2D eigenvalue weighted by Crippen LogP contribution is 2.30. The molecule has 3 aromatic carbocycles. The number of sulfonamides is 2. The molecule has 0 unspecified atom stereocenters. The lowest BCUT2D eigenvalue weighted by Gasteiger charge is -2.16. The van der Waals surface area contributed by atoms with Gasteiger partial charge in [0.25, 0.3) is 20.0 Å². The Morgan fingerprint density at radius 3 is 1.25 bits per heavy atom. The summed E-state index contributed by atoms with van der Waals surface area (Å²) in [6.07, 6.45) is 0. The number of carboxylic acids is 2. The van der Waals surface area contributed by atoms with Gasteiger partial charge >= 0.3 is 11.9 Å². The number of benzene rings is 3. The summed E-state index contributed by atoms with van der Waals surface area (Å²) in [6, 6.07) is 15.6. The molecule has 3 rings (SSSR count). The summed E-state index contributed by atoms with van der Waals surface area (Å²) in [6.45, 7) is 0. The first-order chi connectivity index (χ1) is 15.0. The van der Waals surface area contributed by atoms with Gasteiger partial charge in [-0.05, 0) is 36.4 Å². The molecule has 0 amide bonds. The third-order valence-electron chi connectivity index (χ3n) is 4.21. The lowest BCUT2D eigenvalue weighted by atomic mass is 10.1. The highest BCUT2D eigenvalue weighted by molar-refractivity contribution is 7.93. The number of carbonyl (C=O) groups is 2. The monoisotopic (exact) mass is 476 g/mol. The quantitative estimate of drug-likeness (QED) is 0.385. The van der Waals surface area contributed by atoms with Crippen LogP contribution in [0.25, 0.3) is 0 Å². The Bertz CT molecular complexity index is 1280. The fourth-order valence-electron chi connectivity index (χ4n) is 2.73. The third kappa shape index (κ3) is 4.87. The molecular formula is C20H16N2O8S2. The average molecular weight is 476 g/mol. The maximum atomic E-state index is 12.7. The van der Waals surface area contributed by atoms with E-state index in [1.807, 2.05) is 0 Å². The number of nitrogens with one attached hydrogen (secondary N) is 2. The molecule has 0 aliphatic heterocycles. The lowest BCUT2D eigenvalue weighted by molar-refractivity contribution is 0.0696. The molecule has 0 saturated heterocycles. The van der Waals surface area contributed by atoms with Crippen LogP contribution in [0.2, 0.25) is 0 Å². The SMILES string of the molecule is O=C(O)c1cc(C(=O)O)c(NS(=O)(=O)c2ccccc2)cc1NS(=O)(=O)c1ccccc1. The second kappa shape index (κ2) is 8.69. The van der Waals surface area contributed by atoms with Crippen molar-refractivity contribution in [2.24, 2.45) is 0 Å². The van der Waals surface area contributed by atoms with Crippen LogP contribution < -0.4 is 9.44 Å². The third-order valence-corrected chi connectivity index (χ3v) is 6.98. The Morgan fingerprint density at radius 1 is 0.594 bits per heavy atom. The van der Waals surface area contributed by atoms with Gasteiger partial charge in [-0.3, -0.25) is 9.44 Å². The summed E-state index contributed by atoms with van der Waals surface area (Å²) in [5, 5.41) is 18.9.